The summed E-state index contributed by atoms with van der Waals surface area (Å²) in [5.41, 5.74) is 7.27. The largest absolute Gasteiger partial charge is 0.355 e. The van der Waals surface area contributed by atoms with Gasteiger partial charge < -0.3 is 9.88 Å². The van der Waals surface area contributed by atoms with E-state index in [1.54, 1.807) is 0 Å². The minimum Gasteiger partial charge on any atom is -0.355 e. The Kier molecular flexibility index (Phi) is 4.70. The van der Waals surface area contributed by atoms with Gasteiger partial charge in [0.1, 0.15) is 0 Å². The van der Waals surface area contributed by atoms with Crippen molar-refractivity contribution < 1.29 is 0 Å². The molecule has 34 heavy (non-hydrogen) atoms. The molecule has 0 saturated carbocycles. The molecule has 1 N–H and O–H groups in total. The van der Waals surface area contributed by atoms with Gasteiger partial charge in [0.05, 0.1) is 5.69 Å². The van der Waals surface area contributed by atoms with Crippen LogP contribution in [0.25, 0.3) is 32.6 Å². The summed E-state index contributed by atoms with van der Waals surface area (Å²) in [7, 11) is 0. The monoisotopic (exact) mass is 440 g/mol. The van der Waals surface area contributed by atoms with Crippen molar-refractivity contribution in [2.24, 2.45) is 0 Å². The lowest BCUT2D eigenvalue weighted by molar-refractivity contribution is 0.591. The van der Waals surface area contributed by atoms with E-state index in [1.165, 1.54) is 38.3 Å². The molecule has 6 rings (SSSR count). The summed E-state index contributed by atoms with van der Waals surface area (Å²) in [5.74, 6) is 0. The van der Waals surface area contributed by atoms with Gasteiger partial charge in [-0.05, 0) is 64.9 Å². The highest BCUT2D eigenvalue weighted by Crippen LogP contribution is 2.41. The second-order valence-electron chi connectivity index (χ2n) is 10.0. The molecule has 0 bridgehead atoms. The maximum atomic E-state index is 3.61. The number of anilines is 3. The number of aromatic nitrogens is 1. The van der Waals surface area contributed by atoms with Gasteiger partial charge in [-0.1, -0.05) is 81.4 Å². The van der Waals surface area contributed by atoms with Crippen LogP contribution in [0.4, 0.5) is 17.1 Å². The van der Waals surface area contributed by atoms with Gasteiger partial charge in [0.25, 0.3) is 0 Å². The van der Waals surface area contributed by atoms with Gasteiger partial charge in [0, 0.05) is 38.6 Å². The minimum absolute atomic E-state index is 0.106. The van der Waals surface area contributed by atoms with E-state index in [0.717, 1.165) is 16.9 Å². The lowest BCUT2D eigenvalue weighted by Gasteiger charge is -2.27. The van der Waals surface area contributed by atoms with Crippen LogP contribution in [-0.4, -0.2) is 4.98 Å². The Labute approximate surface area is 200 Å². The standard InChI is InChI=1S/C32H28N2/c1-32(2,3)23-16-18-29-27(20-23)28-21-25(17-19-30(28)33-29)34(24-12-5-4-6-13-24)31-15-9-11-22-10-7-8-14-26(22)31/h4-21,33H,1-3H3. The molecule has 0 amide bonds. The van der Waals surface area contributed by atoms with E-state index in [0.29, 0.717) is 0 Å². The van der Waals surface area contributed by atoms with Crippen molar-refractivity contribution in [1.82, 2.24) is 4.98 Å². The third kappa shape index (κ3) is 3.43. The Morgan fingerprint density at radius 2 is 1.24 bits per heavy atom. The molecule has 166 valence electrons. The summed E-state index contributed by atoms with van der Waals surface area (Å²) in [4.78, 5) is 5.98. The Morgan fingerprint density at radius 3 is 2.03 bits per heavy atom. The summed E-state index contributed by atoms with van der Waals surface area (Å²) in [6.45, 7) is 6.81. The summed E-state index contributed by atoms with van der Waals surface area (Å²) in [5, 5.41) is 5.00. The quantitative estimate of drug-likeness (QED) is 0.290. The van der Waals surface area contributed by atoms with Crippen molar-refractivity contribution in [3.8, 4) is 0 Å². The van der Waals surface area contributed by atoms with Crippen LogP contribution < -0.4 is 4.90 Å². The molecular weight excluding hydrogens is 412 g/mol. The number of hydrogen-bond donors (Lipinski definition) is 1. The van der Waals surface area contributed by atoms with Crippen molar-refractivity contribution in [2.75, 3.05) is 4.90 Å². The van der Waals surface area contributed by atoms with E-state index < -0.39 is 0 Å². The van der Waals surface area contributed by atoms with Crippen LogP contribution in [0.3, 0.4) is 0 Å². The van der Waals surface area contributed by atoms with Crippen molar-refractivity contribution >= 4 is 49.6 Å². The minimum atomic E-state index is 0.106. The predicted octanol–water partition coefficient (Wildman–Crippen LogP) is 9.24. The Balaban J connectivity index is 1.61. The molecule has 0 saturated heterocycles. The van der Waals surface area contributed by atoms with Gasteiger partial charge in [0.15, 0.2) is 0 Å². The van der Waals surface area contributed by atoms with Crippen LogP contribution in [0.15, 0.2) is 109 Å². The lowest BCUT2D eigenvalue weighted by atomic mass is 9.86. The molecule has 0 fully saturated rings. The fraction of sp³-hybridized carbons (Fsp3) is 0.125. The fourth-order valence-electron chi connectivity index (χ4n) is 4.90. The summed E-state index contributed by atoms with van der Waals surface area (Å²) in [6, 6.07) is 39.4. The maximum Gasteiger partial charge on any atom is 0.0540 e. The lowest BCUT2D eigenvalue weighted by Crippen LogP contribution is -2.10. The average Bonchev–Trinajstić information content (AvgIpc) is 3.22. The van der Waals surface area contributed by atoms with Crippen LogP contribution in [0, 0.1) is 0 Å². The zero-order valence-electron chi connectivity index (χ0n) is 19.8. The van der Waals surface area contributed by atoms with Crippen LogP contribution in [0.1, 0.15) is 26.3 Å². The molecule has 0 aliphatic carbocycles. The molecule has 5 aromatic carbocycles. The van der Waals surface area contributed by atoms with Crippen molar-refractivity contribution in [1.29, 1.82) is 0 Å². The molecule has 2 nitrogen and oxygen atoms in total. The first kappa shape index (κ1) is 20.6. The van der Waals surface area contributed by atoms with Gasteiger partial charge in [-0.2, -0.15) is 0 Å². The zero-order valence-corrected chi connectivity index (χ0v) is 19.8. The van der Waals surface area contributed by atoms with Crippen molar-refractivity contribution in [3.05, 3.63) is 115 Å². The summed E-state index contributed by atoms with van der Waals surface area (Å²) < 4.78 is 0. The number of hydrogen-bond acceptors (Lipinski definition) is 1. The first-order valence-electron chi connectivity index (χ1n) is 11.9. The molecular formula is C32H28N2. The van der Waals surface area contributed by atoms with Gasteiger partial charge in [-0.15, -0.1) is 0 Å². The zero-order chi connectivity index (χ0) is 23.3. The molecule has 2 heteroatoms. The van der Waals surface area contributed by atoms with Crippen LogP contribution in [0.2, 0.25) is 0 Å². The Bertz CT molecular complexity index is 1630. The number of benzene rings is 5. The number of para-hydroxylation sites is 1. The first-order valence-corrected chi connectivity index (χ1v) is 11.9. The van der Waals surface area contributed by atoms with Crippen LogP contribution in [0.5, 0.6) is 0 Å². The van der Waals surface area contributed by atoms with E-state index in [4.69, 9.17) is 0 Å². The number of rotatable bonds is 3. The number of nitrogens with one attached hydrogen (secondary N) is 1. The van der Waals surface area contributed by atoms with Gasteiger partial charge in [-0.25, -0.2) is 0 Å². The fourth-order valence-corrected chi connectivity index (χ4v) is 4.90. The van der Waals surface area contributed by atoms with Gasteiger partial charge in [0.2, 0.25) is 0 Å². The second kappa shape index (κ2) is 7.78. The number of fused-ring (bicyclic) bond motifs is 4. The number of nitrogens with zero attached hydrogens (tertiary/aromatic N) is 1. The smallest absolute Gasteiger partial charge is 0.0540 e. The molecule has 6 aromatic rings. The van der Waals surface area contributed by atoms with Gasteiger partial charge >= 0.3 is 0 Å². The molecule has 1 aromatic heterocycles. The first-order chi connectivity index (χ1) is 16.5. The highest BCUT2D eigenvalue weighted by atomic mass is 15.1. The highest BCUT2D eigenvalue weighted by Gasteiger charge is 2.18. The third-order valence-corrected chi connectivity index (χ3v) is 6.73. The van der Waals surface area contributed by atoms with Gasteiger partial charge in [-0.3, -0.25) is 0 Å². The van der Waals surface area contributed by atoms with Crippen molar-refractivity contribution in [3.63, 3.8) is 0 Å². The summed E-state index contributed by atoms with van der Waals surface area (Å²) >= 11 is 0. The highest BCUT2D eigenvalue weighted by molar-refractivity contribution is 6.09. The van der Waals surface area contributed by atoms with Crippen molar-refractivity contribution in [2.45, 2.75) is 26.2 Å². The molecule has 0 aliphatic heterocycles. The third-order valence-electron chi connectivity index (χ3n) is 6.73. The molecule has 0 spiro atoms. The Morgan fingerprint density at radius 1 is 0.559 bits per heavy atom. The molecule has 0 radical (unpaired) electrons. The summed E-state index contributed by atoms with van der Waals surface area (Å²) in [6.07, 6.45) is 0. The normalized spacial score (nSPS) is 12.0. The number of H-pyrrole nitrogens is 1. The van der Waals surface area contributed by atoms with E-state index in [2.05, 4.69) is 140 Å². The van der Waals surface area contributed by atoms with Crippen LogP contribution in [-0.2, 0) is 5.41 Å². The van der Waals surface area contributed by atoms with E-state index in [-0.39, 0.29) is 5.41 Å². The topological polar surface area (TPSA) is 19.0 Å². The molecule has 0 unspecified atom stereocenters. The average molecular weight is 441 g/mol. The van der Waals surface area contributed by atoms with E-state index in [9.17, 15) is 0 Å². The molecule has 0 atom stereocenters. The second-order valence-corrected chi connectivity index (χ2v) is 10.0. The number of aromatic amines is 1. The molecule has 0 aliphatic rings. The Hall–Kier alpha value is -4.04. The van der Waals surface area contributed by atoms with E-state index >= 15 is 0 Å². The SMILES string of the molecule is CC(C)(C)c1ccc2[nH]c3ccc(N(c4ccccc4)c4cccc5ccccc45)cc3c2c1. The van der Waals surface area contributed by atoms with Crippen LogP contribution >= 0.6 is 0 Å². The maximum absolute atomic E-state index is 3.61. The molecule has 1 heterocycles. The van der Waals surface area contributed by atoms with E-state index in [1.807, 2.05) is 0 Å². The predicted molar refractivity (Wildman–Crippen MR) is 147 cm³/mol.